The molecule has 3 nitrogen and oxygen atoms in total. The summed E-state index contributed by atoms with van der Waals surface area (Å²) in [7, 11) is 0. The Balaban J connectivity index is 3.00. The first kappa shape index (κ1) is 9.00. The number of rotatable bonds is 3. The van der Waals surface area contributed by atoms with Gasteiger partial charge in [-0.25, -0.2) is 4.98 Å². The third kappa shape index (κ3) is 1.74. The van der Waals surface area contributed by atoms with E-state index in [1.807, 2.05) is 19.9 Å². The molecule has 1 aromatic rings. The summed E-state index contributed by atoms with van der Waals surface area (Å²) in [6.45, 7) is 5.05. The highest BCUT2D eigenvalue weighted by molar-refractivity contribution is 5.33. The van der Waals surface area contributed by atoms with Crippen molar-refractivity contribution in [1.82, 2.24) is 4.98 Å². The molecule has 0 bridgehead atoms. The summed E-state index contributed by atoms with van der Waals surface area (Å²) in [6, 6.07) is 1.94. The molecule has 0 amide bonds. The van der Waals surface area contributed by atoms with E-state index in [2.05, 4.69) is 4.98 Å². The molecule has 0 fully saturated rings. The molecule has 0 spiro atoms. The van der Waals surface area contributed by atoms with E-state index in [4.69, 9.17) is 10.5 Å². The van der Waals surface area contributed by atoms with Crippen molar-refractivity contribution in [2.45, 2.75) is 20.4 Å². The lowest BCUT2D eigenvalue weighted by atomic mass is 10.1. The van der Waals surface area contributed by atoms with Crippen LogP contribution in [0.2, 0.25) is 0 Å². The fourth-order valence-electron chi connectivity index (χ4n) is 1.07. The van der Waals surface area contributed by atoms with Crippen molar-refractivity contribution in [3.05, 3.63) is 23.4 Å². The van der Waals surface area contributed by atoms with Gasteiger partial charge in [0.1, 0.15) is 0 Å². The van der Waals surface area contributed by atoms with E-state index in [1.54, 1.807) is 6.20 Å². The van der Waals surface area contributed by atoms with E-state index in [0.29, 0.717) is 19.0 Å². The Hall–Kier alpha value is -1.09. The maximum absolute atomic E-state index is 5.56. The van der Waals surface area contributed by atoms with Crippen molar-refractivity contribution >= 4 is 0 Å². The minimum absolute atomic E-state index is 0.481. The number of aromatic nitrogens is 1. The third-order valence-electron chi connectivity index (χ3n) is 1.74. The highest BCUT2D eigenvalue weighted by Crippen LogP contribution is 2.17. The molecule has 0 atom stereocenters. The summed E-state index contributed by atoms with van der Waals surface area (Å²) < 4.78 is 5.32. The zero-order chi connectivity index (χ0) is 8.97. The van der Waals surface area contributed by atoms with Crippen molar-refractivity contribution in [2.24, 2.45) is 5.73 Å². The second-order valence-electron chi connectivity index (χ2n) is 2.55. The van der Waals surface area contributed by atoms with E-state index >= 15 is 0 Å². The van der Waals surface area contributed by atoms with Crippen LogP contribution in [0.4, 0.5) is 0 Å². The minimum Gasteiger partial charge on any atom is -0.478 e. The second kappa shape index (κ2) is 4.07. The van der Waals surface area contributed by atoms with Gasteiger partial charge in [0.2, 0.25) is 5.88 Å². The summed E-state index contributed by atoms with van der Waals surface area (Å²) in [5.74, 6) is 0.667. The zero-order valence-corrected chi connectivity index (χ0v) is 7.50. The first-order chi connectivity index (χ1) is 5.79. The topological polar surface area (TPSA) is 48.1 Å². The Bertz CT molecular complexity index is 261. The van der Waals surface area contributed by atoms with Crippen LogP contribution in [0.3, 0.4) is 0 Å². The standard InChI is InChI=1S/C9H14N2O/c1-3-12-9-8(6-10)7(2)4-5-11-9/h4-5H,3,6,10H2,1-2H3. The summed E-state index contributed by atoms with van der Waals surface area (Å²) in [5.41, 5.74) is 7.70. The number of nitrogens with two attached hydrogens (primary N) is 1. The molecule has 0 radical (unpaired) electrons. The van der Waals surface area contributed by atoms with Crippen LogP contribution >= 0.6 is 0 Å². The molecular formula is C9H14N2O. The molecule has 0 aliphatic heterocycles. The van der Waals surface area contributed by atoms with Gasteiger partial charge < -0.3 is 10.5 Å². The minimum atomic E-state index is 0.481. The molecule has 0 aliphatic rings. The Morgan fingerprint density at radius 3 is 2.92 bits per heavy atom. The van der Waals surface area contributed by atoms with Crippen molar-refractivity contribution in [2.75, 3.05) is 6.61 Å². The molecule has 12 heavy (non-hydrogen) atoms. The van der Waals surface area contributed by atoms with Crippen molar-refractivity contribution in [3.63, 3.8) is 0 Å². The molecule has 0 saturated carbocycles. The fraction of sp³-hybridized carbons (Fsp3) is 0.444. The molecule has 66 valence electrons. The lowest BCUT2D eigenvalue weighted by Crippen LogP contribution is -2.05. The quantitative estimate of drug-likeness (QED) is 0.735. The predicted octanol–water partition coefficient (Wildman–Crippen LogP) is 1.25. The van der Waals surface area contributed by atoms with Crippen molar-refractivity contribution in [1.29, 1.82) is 0 Å². The Kier molecular flexibility index (Phi) is 3.05. The lowest BCUT2D eigenvalue weighted by Gasteiger charge is -2.08. The van der Waals surface area contributed by atoms with Gasteiger partial charge in [-0.1, -0.05) is 0 Å². The Morgan fingerprint density at radius 1 is 1.58 bits per heavy atom. The zero-order valence-electron chi connectivity index (χ0n) is 7.50. The van der Waals surface area contributed by atoms with E-state index in [1.165, 1.54) is 0 Å². The van der Waals surface area contributed by atoms with Crippen LogP contribution in [-0.2, 0) is 6.54 Å². The summed E-state index contributed by atoms with van der Waals surface area (Å²) in [4.78, 5) is 4.10. The number of ether oxygens (including phenoxy) is 1. The third-order valence-corrected chi connectivity index (χ3v) is 1.74. The Morgan fingerprint density at radius 2 is 2.33 bits per heavy atom. The van der Waals surface area contributed by atoms with Crippen LogP contribution in [0.15, 0.2) is 12.3 Å². The van der Waals surface area contributed by atoms with Crippen LogP contribution < -0.4 is 10.5 Å². The van der Waals surface area contributed by atoms with E-state index in [0.717, 1.165) is 11.1 Å². The first-order valence-corrected chi connectivity index (χ1v) is 4.07. The van der Waals surface area contributed by atoms with Crippen molar-refractivity contribution < 1.29 is 4.74 Å². The number of nitrogens with zero attached hydrogens (tertiary/aromatic N) is 1. The molecule has 0 unspecified atom stereocenters. The normalized spacial score (nSPS) is 9.92. The van der Waals surface area contributed by atoms with Gasteiger partial charge in [-0.15, -0.1) is 0 Å². The highest BCUT2D eigenvalue weighted by atomic mass is 16.5. The second-order valence-corrected chi connectivity index (χ2v) is 2.55. The van der Waals surface area contributed by atoms with Crippen LogP contribution in [0.5, 0.6) is 5.88 Å². The van der Waals surface area contributed by atoms with Gasteiger partial charge in [0.15, 0.2) is 0 Å². The van der Waals surface area contributed by atoms with Crippen LogP contribution in [0.25, 0.3) is 0 Å². The monoisotopic (exact) mass is 166 g/mol. The average Bonchev–Trinajstić information content (AvgIpc) is 2.05. The van der Waals surface area contributed by atoms with Gasteiger partial charge in [0.25, 0.3) is 0 Å². The van der Waals surface area contributed by atoms with Crippen molar-refractivity contribution in [3.8, 4) is 5.88 Å². The van der Waals surface area contributed by atoms with E-state index in [9.17, 15) is 0 Å². The molecule has 0 aliphatic carbocycles. The van der Waals surface area contributed by atoms with E-state index in [-0.39, 0.29) is 0 Å². The summed E-state index contributed by atoms with van der Waals surface area (Å²) in [5, 5.41) is 0. The molecule has 1 heterocycles. The molecular weight excluding hydrogens is 152 g/mol. The first-order valence-electron chi connectivity index (χ1n) is 4.07. The van der Waals surface area contributed by atoms with Gasteiger partial charge in [0, 0.05) is 18.3 Å². The highest BCUT2D eigenvalue weighted by Gasteiger charge is 2.04. The largest absolute Gasteiger partial charge is 0.478 e. The molecule has 1 aromatic heterocycles. The molecule has 3 heteroatoms. The maximum atomic E-state index is 5.56. The Labute approximate surface area is 72.6 Å². The molecule has 1 rings (SSSR count). The van der Waals surface area contributed by atoms with Crippen LogP contribution in [0.1, 0.15) is 18.1 Å². The number of pyridine rings is 1. The van der Waals surface area contributed by atoms with Gasteiger partial charge in [-0.3, -0.25) is 0 Å². The maximum Gasteiger partial charge on any atom is 0.218 e. The smallest absolute Gasteiger partial charge is 0.218 e. The van der Waals surface area contributed by atoms with Crippen LogP contribution in [0, 0.1) is 6.92 Å². The average molecular weight is 166 g/mol. The summed E-state index contributed by atoms with van der Waals surface area (Å²) >= 11 is 0. The van der Waals surface area contributed by atoms with Gasteiger partial charge >= 0.3 is 0 Å². The number of hydrogen-bond acceptors (Lipinski definition) is 3. The van der Waals surface area contributed by atoms with Gasteiger partial charge in [-0.05, 0) is 25.5 Å². The predicted molar refractivity (Wildman–Crippen MR) is 48.0 cm³/mol. The lowest BCUT2D eigenvalue weighted by molar-refractivity contribution is 0.322. The number of hydrogen-bond donors (Lipinski definition) is 1. The SMILES string of the molecule is CCOc1nccc(C)c1CN. The number of aryl methyl sites for hydroxylation is 1. The van der Waals surface area contributed by atoms with Crippen LogP contribution in [-0.4, -0.2) is 11.6 Å². The summed E-state index contributed by atoms with van der Waals surface area (Å²) in [6.07, 6.45) is 1.74. The van der Waals surface area contributed by atoms with Gasteiger partial charge in [0.05, 0.1) is 6.61 Å². The molecule has 0 saturated heterocycles. The van der Waals surface area contributed by atoms with Gasteiger partial charge in [-0.2, -0.15) is 0 Å². The molecule has 0 aromatic carbocycles. The fourth-order valence-corrected chi connectivity index (χ4v) is 1.07. The van der Waals surface area contributed by atoms with E-state index < -0.39 is 0 Å². The molecule has 2 N–H and O–H groups in total.